The molecule has 0 spiro atoms. The van der Waals surface area contributed by atoms with E-state index >= 15 is 0 Å². The minimum absolute atomic E-state index is 0.155. The van der Waals surface area contributed by atoms with Gasteiger partial charge in [0.25, 0.3) is 0 Å². The number of nitrogens with zero attached hydrogens (tertiary/aromatic N) is 2. The van der Waals surface area contributed by atoms with Gasteiger partial charge in [-0.05, 0) is 19.3 Å². The molecule has 0 bridgehead atoms. The summed E-state index contributed by atoms with van der Waals surface area (Å²) in [4.78, 5) is 0. The summed E-state index contributed by atoms with van der Waals surface area (Å²) in [6.45, 7) is 0. The van der Waals surface area contributed by atoms with Crippen LogP contribution in [0.3, 0.4) is 0 Å². The first-order valence-electron chi connectivity index (χ1n) is 4.13. The summed E-state index contributed by atoms with van der Waals surface area (Å²) in [5.41, 5.74) is 0. The SMILES string of the molecule is OC1CCC(n2cc(Cl)cn2)C1. The fourth-order valence-corrected chi connectivity index (χ4v) is 1.83. The molecule has 0 aliphatic heterocycles. The van der Waals surface area contributed by atoms with Gasteiger partial charge >= 0.3 is 0 Å². The number of aromatic nitrogens is 2. The molecule has 0 saturated heterocycles. The Kier molecular flexibility index (Phi) is 2.07. The van der Waals surface area contributed by atoms with E-state index in [2.05, 4.69) is 5.10 Å². The highest BCUT2D eigenvalue weighted by atomic mass is 35.5. The zero-order valence-electron chi connectivity index (χ0n) is 6.65. The average molecular weight is 187 g/mol. The fourth-order valence-electron chi connectivity index (χ4n) is 1.69. The van der Waals surface area contributed by atoms with Crippen LogP contribution in [0.4, 0.5) is 0 Å². The molecule has 66 valence electrons. The molecule has 1 fully saturated rings. The van der Waals surface area contributed by atoms with Crippen LogP contribution in [0.25, 0.3) is 0 Å². The third kappa shape index (κ3) is 1.47. The predicted molar refractivity (Wildman–Crippen MR) is 46.1 cm³/mol. The van der Waals surface area contributed by atoms with Crippen molar-refractivity contribution in [1.82, 2.24) is 9.78 Å². The molecule has 3 nitrogen and oxygen atoms in total. The van der Waals surface area contributed by atoms with Crippen molar-refractivity contribution in [2.75, 3.05) is 0 Å². The van der Waals surface area contributed by atoms with Crippen LogP contribution in [0.5, 0.6) is 0 Å². The Balaban J connectivity index is 2.11. The molecule has 1 heterocycles. The molecular weight excluding hydrogens is 176 g/mol. The fraction of sp³-hybridized carbons (Fsp3) is 0.625. The minimum atomic E-state index is -0.155. The molecule has 1 aromatic heterocycles. The van der Waals surface area contributed by atoms with Crippen LogP contribution < -0.4 is 0 Å². The molecule has 2 rings (SSSR count). The van der Waals surface area contributed by atoms with Crippen molar-refractivity contribution in [2.24, 2.45) is 0 Å². The maximum absolute atomic E-state index is 9.29. The van der Waals surface area contributed by atoms with Crippen molar-refractivity contribution < 1.29 is 5.11 Å². The summed E-state index contributed by atoms with van der Waals surface area (Å²) in [7, 11) is 0. The van der Waals surface area contributed by atoms with E-state index < -0.39 is 0 Å². The Morgan fingerprint density at radius 1 is 1.58 bits per heavy atom. The van der Waals surface area contributed by atoms with Crippen LogP contribution in [0.15, 0.2) is 12.4 Å². The van der Waals surface area contributed by atoms with E-state index in [9.17, 15) is 5.11 Å². The second kappa shape index (κ2) is 3.07. The molecule has 0 radical (unpaired) electrons. The molecule has 12 heavy (non-hydrogen) atoms. The van der Waals surface area contributed by atoms with E-state index in [4.69, 9.17) is 11.6 Å². The van der Waals surface area contributed by atoms with Crippen molar-refractivity contribution >= 4 is 11.6 Å². The Labute approximate surface area is 76.0 Å². The highest BCUT2D eigenvalue weighted by molar-refractivity contribution is 6.30. The largest absolute Gasteiger partial charge is 0.393 e. The first kappa shape index (κ1) is 8.08. The van der Waals surface area contributed by atoms with Gasteiger partial charge in [-0.1, -0.05) is 11.6 Å². The Bertz CT molecular complexity index is 274. The summed E-state index contributed by atoms with van der Waals surface area (Å²) >= 11 is 5.73. The standard InChI is InChI=1S/C8H11ClN2O/c9-6-4-10-11(5-6)7-1-2-8(12)3-7/h4-5,7-8,12H,1-3H2. The van der Waals surface area contributed by atoms with Crippen LogP contribution in [0.2, 0.25) is 5.02 Å². The van der Waals surface area contributed by atoms with Crippen LogP contribution >= 0.6 is 11.6 Å². The topological polar surface area (TPSA) is 38.0 Å². The monoisotopic (exact) mass is 186 g/mol. The quantitative estimate of drug-likeness (QED) is 0.724. The maximum Gasteiger partial charge on any atom is 0.0785 e. The van der Waals surface area contributed by atoms with Crippen LogP contribution in [0.1, 0.15) is 25.3 Å². The lowest BCUT2D eigenvalue weighted by Gasteiger charge is -2.08. The number of hydrogen-bond acceptors (Lipinski definition) is 2. The van der Waals surface area contributed by atoms with E-state index in [1.807, 2.05) is 10.9 Å². The Morgan fingerprint density at radius 3 is 2.92 bits per heavy atom. The second-order valence-electron chi connectivity index (χ2n) is 3.26. The van der Waals surface area contributed by atoms with E-state index in [-0.39, 0.29) is 6.10 Å². The molecule has 0 amide bonds. The van der Waals surface area contributed by atoms with E-state index in [1.54, 1.807) is 6.20 Å². The van der Waals surface area contributed by atoms with E-state index in [0.717, 1.165) is 19.3 Å². The van der Waals surface area contributed by atoms with Gasteiger partial charge in [0, 0.05) is 6.20 Å². The summed E-state index contributed by atoms with van der Waals surface area (Å²) in [6.07, 6.45) is 5.97. The zero-order valence-corrected chi connectivity index (χ0v) is 7.41. The van der Waals surface area contributed by atoms with Gasteiger partial charge in [0.1, 0.15) is 0 Å². The van der Waals surface area contributed by atoms with Gasteiger partial charge in [-0.25, -0.2) is 0 Å². The van der Waals surface area contributed by atoms with Gasteiger partial charge in [-0.2, -0.15) is 5.10 Å². The van der Waals surface area contributed by atoms with Crippen molar-refractivity contribution in [2.45, 2.75) is 31.4 Å². The molecule has 1 aliphatic rings. The number of hydrogen-bond donors (Lipinski definition) is 1. The molecule has 0 aromatic carbocycles. The van der Waals surface area contributed by atoms with Crippen LogP contribution in [-0.4, -0.2) is 21.0 Å². The molecule has 1 aliphatic carbocycles. The predicted octanol–water partition coefficient (Wildman–Crippen LogP) is 1.62. The minimum Gasteiger partial charge on any atom is -0.393 e. The summed E-state index contributed by atoms with van der Waals surface area (Å²) in [5.74, 6) is 0. The van der Waals surface area contributed by atoms with Crippen molar-refractivity contribution in [3.8, 4) is 0 Å². The highest BCUT2D eigenvalue weighted by Crippen LogP contribution is 2.29. The molecule has 1 saturated carbocycles. The first-order chi connectivity index (χ1) is 5.75. The molecule has 2 unspecified atom stereocenters. The smallest absolute Gasteiger partial charge is 0.0785 e. The maximum atomic E-state index is 9.29. The summed E-state index contributed by atoms with van der Waals surface area (Å²) in [5, 5.41) is 14.1. The third-order valence-corrected chi connectivity index (χ3v) is 2.52. The number of aliphatic hydroxyl groups excluding tert-OH is 1. The third-order valence-electron chi connectivity index (χ3n) is 2.32. The van der Waals surface area contributed by atoms with Crippen molar-refractivity contribution in [3.05, 3.63) is 17.4 Å². The molecular formula is C8H11ClN2O. The zero-order chi connectivity index (χ0) is 8.55. The highest BCUT2D eigenvalue weighted by Gasteiger charge is 2.24. The van der Waals surface area contributed by atoms with Crippen LogP contribution in [0, 0.1) is 0 Å². The normalized spacial score (nSPS) is 29.5. The molecule has 2 atom stereocenters. The number of rotatable bonds is 1. The lowest BCUT2D eigenvalue weighted by molar-refractivity contribution is 0.177. The lowest BCUT2D eigenvalue weighted by atomic mass is 10.2. The lowest BCUT2D eigenvalue weighted by Crippen LogP contribution is -2.07. The van der Waals surface area contributed by atoms with E-state index in [0.29, 0.717) is 11.1 Å². The van der Waals surface area contributed by atoms with Crippen molar-refractivity contribution in [1.29, 1.82) is 0 Å². The summed E-state index contributed by atoms with van der Waals surface area (Å²) in [6, 6.07) is 0.340. The van der Waals surface area contributed by atoms with Crippen molar-refractivity contribution in [3.63, 3.8) is 0 Å². The molecule has 1 N–H and O–H groups in total. The molecule has 1 aromatic rings. The van der Waals surface area contributed by atoms with Gasteiger partial charge in [0.15, 0.2) is 0 Å². The van der Waals surface area contributed by atoms with E-state index in [1.165, 1.54) is 0 Å². The van der Waals surface area contributed by atoms with Gasteiger partial charge in [-0.15, -0.1) is 0 Å². The first-order valence-corrected chi connectivity index (χ1v) is 4.51. The van der Waals surface area contributed by atoms with Gasteiger partial charge < -0.3 is 5.11 Å². The summed E-state index contributed by atoms with van der Waals surface area (Å²) < 4.78 is 1.85. The van der Waals surface area contributed by atoms with Crippen LogP contribution in [-0.2, 0) is 0 Å². The van der Waals surface area contributed by atoms with Gasteiger partial charge in [-0.3, -0.25) is 4.68 Å². The van der Waals surface area contributed by atoms with Gasteiger partial charge in [0.05, 0.1) is 23.4 Å². The number of aliphatic hydroxyl groups is 1. The Hall–Kier alpha value is -0.540. The molecule has 4 heteroatoms. The number of halogens is 1. The Morgan fingerprint density at radius 2 is 2.42 bits per heavy atom. The second-order valence-corrected chi connectivity index (χ2v) is 3.70. The van der Waals surface area contributed by atoms with Gasteiger partial charge in [0.2, 0.25) is 0 Å². The average Bonchev–Trinajstić information content (AvgIpc) is 2.58.